The van der Waals surface area contributed by atoms with Crippen LogP contribution in [-0.2, 0) is 19.6 Å². The highest BCUT2D eigenvalue weighted by molar-refractivity contribution is 7.92. The van der Waals surface area contributed by atoms with Crippen LogP contribution >= 0.6 is 0 Å². The molecule has 0 radical (unpaired) electrons. The van der Waals surface area contributed by atoms with E-state index in [1.165, 1.54) is 0 Å². The summed E-state index contributed by atoms with van der Waals surface area (Å²) in [4.78, 5) is 23.1. The first-order chi connectivity index (χ1) is 12.3. The van der Waals surface area contributed by atoms with Gasteiger partial charge in [-0.15, -0.1) is 0 Å². The van der Waals surface area contributed by atoms with Gasteiger partial charge in [0, 0.05) is 13.1 Å². The number of sulfonamides is 1. The van der Waals surface area contributed by atoms with E-state index >= 15 is 0 Å². The number of hydrogen-bond acceptors (Lipinski definition) is 6. The lowest BCUT2D eigenvalue weighted by Gasteiger charge is -2.30. The minimum Gasteiger partial charge on any atom is -0.378 e. The Morgan fingerprint density at radius 2 is 1.77 bits per heavy atom. The molecular formula is C17H22N4O4S. The van der Waals surface area contributed by atoms with E-state index in [4.69, 9.17) is 4.74 Å². The molecule has 1 saturated heterocycles. The van der Waals surface area contributed by atoms with Crippen LogP contribution in [0.2, 0.25) is 0 Å². The van der Waals surface area contributed by atoms with Gasteiger partial charge in [0.15, 0.2) is 0 Å². The van der Waals surface area contributed by atoms with Gasteiger partial charge in [0.1, 0.15) is 6.54 Å². The summed E-state index contributed by atoms with van der Waals surface area (Å²) in [6.45, 7) is 5.35. The number of amides is 1. The highest BCUT2D eigenvalue weighted by atomic mass is 32.2. The minimum atomic E-state index is -3.63. The van der Waals surface area contributed by atoms with Crippen LogP contribution in [-0.4, -0.2) is 68.3 Å². The Balaban J connectivity index is 1.93. The lowest BCUT2D eigenvalue weighted by atomic mass is 10.2. The molecular weight excluding hydrogens is 356 g/mol. The average Bonchev–Trinajstić information content (AvgIpc) is 2.60. The maximum Gasteiger partial charge on any atom is 0.243 e. The Labute approximate surface area is 152 Å². The summed E-state index contributed by atoms with van der Waals surface area (Å²) in [5, 5.41) is 0. The Bertz CT molecular complexity index is 939. The Morgan fingerprint density at radius 3 is 2.38 bits per heavy atom. The zero-order chi connectivity index (χ0) is 18.9. The lowest BCUT2D eigenvalue weighted by Crippen LogP contribution is -2.47. The van der Waals surface area contributed by atoms with Gasteiger partial charge in [-0.1, -0.05) is 0 Å². The third-order valence-electron chi connectivity index (χ3n) is 4.39. The second-order valence-corrected chi connectivity index (χ2v) is 8.24. The van der Waals surface area contributed by atoms with E-state index in [2.05, 4.69) is 9.97 Å². The van der Waals surface area contributed by atoms with Gasteiger partial charge >= 0.3 is 0 Å². The molecule has 0 spiro atoms. The largest absolute Gasteiger partial charge is 0.378 e. The summed E-state index contributed by atoms with van der Waals surface area (Å²) in [7, 11) is -3.63. The summed E-state index contributed by atoms with van der Waals surface area (Å²) in [5.74, 6) is -0.245. The fraction of sp³-hybridized carbons (Fsp3) is 0.471. The second kappa shape index (κ2) is 7.16. The Kier molecular flexibility index (Phi) is 5.10. The molecule has 0 atom stereocenters. The van der Waals surface area contributed by atoms with Gasteiger partial charge in [0.2, 0.25) is 15.9 Å². The van der Waals surface area contributed by atoms with E-state index in [1.807, 2.05) is 13.8 Å². The van der Waals surface area contributed by atoms with Crippen molar-refractivity contribution in [3.05, 3.63) is 29.6 Å². The van der Waals surface area contributed by atoms with Crippen molar-refractivity contribution in [2.24, 2.45) is 0 Å². The van der Waals surface area contributed by atoms with E-state index in [1.54, 1.807) is 23.1 Å². The smallest absolute Gasteiger partial charge is 0.243 e. The Morgan fingerprint density at radius 1 is 1.15 bits per heavy atom. The number of aromatic nitrogens is 2. The van der Waals surface area contributed by atoms with Crippen molar-refractivity contribution < 1.29 is 17.9 Å². The molecule has 2 heterocycles. The molecule has 140 valence electrons. The average molecular weight is 378 g/mol. The summed E-state index contributed by atoms with van der Waals surface area (Å²) in [5.41, 5.74) is 3.29. The first-order valence-electron chi connectivity index (χ1n) is 8.34. The Hall–Kier alpha value is -2.26. The van der Waals surface area contributed by atoms with Crippen molar-refractivity contribution in [3.8, 4) is 0 Å². The number of hydrogen-bond donors (Lipinski definition) is 0. The number of rotatable bonds is 4. The molecule has 0 unspecified atom stereocenters. The number of nitrogens with zero attached hydrogens (tertiary/aromatic N) is 4. The van der Waals surface area contributed by atoms with E-state index in [9.17, 15) is 13.2 Å². The highest BCUT2D eigenvalue weighted by Gasteiger charge is 2.25. The molecule has 1 aromatic carbocycles. The number of anilines is 1. The molecule has 0 N–H and O–H groups in total. The summed E-state index contributed by atoms with van der Waals surface area (Å²) < 4.78 is 31.0. The number of morpholine rings is 1. The number of fused-ring (bicyclic) bond motifs is 1. The first-order valence-corrected chi connectivity index (χ1v) is 10.2. The number of benzene rings is 1. The maximum atomic E-state index is 12.5. The summed E-state index contributed by atoms with van der Waals surface area (Å²) >= 11 is 0. The predicted octanol–water partition coefficient (Wildman–Crippen LogP) is 0.871. The maximum absolute atomic E-state index is 12.5. The molecule has 9 heteroatoms. The molecule has 8 nitrogen and oxygen atoms in total. The van der Waals surface area contributed by atoms with Gasteiger partial charge in [0.25, 0.3) is 0 Å². The van der Waals surface area contributed by atoms with E-state index in [-0.39, 0.29) is 12.5 Å². The second-order valence-electron chi connectivity index (χ2n) is 6.33. The topological polar surface area (TPSA) is 92.7 Å². The van der Waals surface area contributed by atoms with Crippen LogP contribution < -0.4 is 4.31 Å². The summed E-state index contributed by atoms with van der Waals surface area (Å²) in [6, 6.07) is 5.03. The van der Waals surface area contributed by atoms with Crippen molar-refractivity contribution in [2.75, 3.05) is 43.4 Å². The van der Waals surface area contributed by atoms with Crippen molar-refractivity contribution >= 4 is 32.7 Å². The van der Waals surface area contributed by atoms with Crippen molar-refractivity contribution in [1.82, 2.24) is 14.9 Å². The minimum absolute atomic E-state index is 0.245. The van der Waals surface area contributed by atoms with Crippen LogP contribution in [0.25, 0.3) is 11.0 Å². The van der Waals surface area contributed by atoms with Crippen molar-refractivity contribution in [3.63, 3.8) is 0 Å². The molecule has 2 aromatic rings. The molecule has 1 amide bonds. The van der Waals surface area contributed by atoms with E-state index in [0.717, 1.165) is 21.9 Å². The standard InChI is InChI=1S/C17H22N4O4S/c1-12-13(2)19-16-10-14(4-5-15(16)18-12)21(26(3,23)24)11-17(22)20-6-8-25-9-7-20/h4-5,10H,6-9,11H2,1-3H3. The van der Waals surface area contributed by atoms with Gasteiger partial charge in [-0.25, -0.2) is 18.4 Å². The zero-order valence-corrected chi connectivity index (χ0v) is 15.9. The SMILES string of the molecule is Cc1nc2ccc(N(CC(=O)N3CCOCC3)S(C)(=O)=O)cc2nc1C. The van der Waals surface area contributed by atoms with Crippen molar-refractivity contribution in [2.45, 2.75) is 13.8 Å². The van der Waals surface area contributed by atoms with Gasteiger partial charge < -0.3 is 9.64 Å². The fourth-order valence-corrected chi connectivity index (χ4v) is 3.65. The lowest BCUT2D eigenvalue weighted by molar-refractivity contribution is -0.133. The first kappa shape index (κ1) is 18.5. The third kappa shape index (κ3) is 3.94. The van der Waals surface area contributed by atoms with Crippen LogP contribution in [0, 0.1) is 13.8 Å². The molecule has 1 aromatic heterocycles. The molecule has 0 saturated carbocycles. The number of carbonyl (C=O) groups excluding carboxylic acids is 1. The third-order valence-corrected chi connectivity index (χ3v) is 5.53. The van der Waals surface area contributed by atoms with Gasteiger partial charge in [-0.3, -0.25) is 9.10 Å². The quantitative estimate of drug-likeness (QED) is 0.784. The molecule has 1 aliphatic rings. The molecule has 26 heavy (non-hydrogen) atoms. The number of aryl methyl sites for hydroxylation is 2. The van der Waals surface area contributed by atoms with Crippen LogP contribution in [0.4, 0.5) is 5.69 Å². The van der Waals surface area contributed by atoms with Crippen LogP contribution in [0.1, 0.15) is 11.4 Å². The van der Waals surface area contributed by atoms with E-state index in [0.29, 0.717) is 43.0 Å². The van der Waals surface area contributed by atoms with Gasteiger partial charge in [0.05, 0.1) is 47.6 Å². The van der Waals surface area contributed by atoms with Crippen LogP contribution in [0.5, 0.6) is 0 Å². The van der Waals surface area contributed by atoms with E-state index < -0.39 is 10.0 Å². The molecule has 1 fully saturated rings. The molecule has 3 rings (SSSR count). The van der Waals surface area contributed by atoms with Crippen LogP contribution in [0.3, 0.4) is 0 Å². The summed E-state index contributed by atoms with van der Waals surface area (Å²) in [6.07, 6.45) is 1.09. The molecule has 0 aliphatic carbocycles. The molecule has 1 aliphatic heterocycles. The monoisotopic (exact) mass is 378 g/mol. The number of ether oxygens (including phenoxy) is 1. The van der Waals surface area contributed by atoms with Crippen LogP contribution in [0.15, 0.2) is 18.2 Å². The van der Waals surface area contributed by atoms with Gasteiger partial charge in [-0.2, -0.15) is 0 Å². The molecule has 0 bridgehead atoms. The highest BCUT2D eigenvalue weighted by Crippen LogP contribution is 2.23. The zero-order valence-electron chi connectivity index (χ0n) is 15.1. The normalized spacial score (nSPS) is 15.3. The predicted molar refractivity (Wildman–Crippen MR) is 98.6 cm³/mol. The number of carbonyl (C=O) groups is 1. The van der Waals surface area contributed by atoms with Crippen molar-refractivity contribution in [1.29, 1.82) is 0 Å². The fourth-order valence-electron chi connectivity index (χ4n) is 2.81. The van der Waals surface area contributed by atoms with Gasteiger partial charge in [-0.05, 0) is 32.0 Å².